The maximum atomic E-state index is 12.6. The molecule has 0 aliphatic carbocycles. The van der Waals surface area contributed by atoms with Gasteiger partial charge in [-0.2, -0.15) is 0 Å². The topological polar surface area (TPSA) is 42.7 Å². The number of fused-ring (bicyclic) bond motifs is 3. The molecule has 2 saturated heterocycles. The van der Waals surface area contributed by atoms with Crippen LogP contribution in [0.25, 0.3) is 11.0 Å². The van der Waals surface area contributed by atoms with Crippen molar-refractivity contribution in [2.45, 2.75) is 24.9 Å². The van der Waals surface area contributed by atoms with Gasteiger partial charge in [0.05, 0.1) is 25.3 Å². The van der Waals surface area contributed by atoms with E-state index in [0.717, 1.165) is 23.8 Å². The van der Waals surface area contributed by atoms with Crippen LogP contribution >= 0.6 is 0 Å². The molecule has 4 nitrogen and oxygen atoms in total. The Labute approximate surface area is 110 Å². The fourth-order valence-electron chi connectivity index (χ4n) is 3.17. The molecule has 2 aliphatic rings. The number of amides is 1. The SMILES string of the molecule is O=C(c1cc2ccccc2o1)N1C2CCC1COC2. The second-order valence-corrected chi connectivity index (χ2v) is 5.28. The number of furan rings is 1. The largest absolute Gasteiger partial charge is 0.451 e. The van der Waals surface area contributed by atoms with Gasteiger partial charge in [-0.05, 0) is 25.0 Å². The highest BCUT2D eigenvalue weighted by molar-refractivity contribution is 5.96. The lowest BCUT2D eigenvalue weighted by Crippen LogP contribution is -2.49. The highest BCUT2D eigenvalue weighted by Gasteiger charge is 2.41. The van der Waals surface area contributed by atoms with Gasteiger partial charge in [0.15, 0.2) is 5.76 Å². The van der Waals surface area contributed by atoms with Crippen molar-refractivity contribution >= 4 is 16.9 Å². The van der Waals surface area contributed by atoms with Crippen molar-refractivity contribution in [1.82, 2.24) is 4.90 Å². The molecule has 0 saturated carbocycles. The van der Waals surface area contributed by atoms with Gasteiger partial charge in [0, 0.05) is 5.39 Å². The van der Waals surface area contributed by atoms with E-state index in [1.54, 1.807) is 0 Å². The Morgan fingerprint density at radius 2 is 1.89 bits per heavy atom. The molecule has 1 aromatic heterocycles. The molecule has 0 N–H and O–H groups in total. The zero-order valence-electron chi connectivity index (χ0n) is 10.5. The first-order chi connectivity index (χ1) is 9.33. The zero-order valence-corrected chi connectivity index (χ0v) is 10.5. The molecular formula is C15H15NO3. The summed E-state index contributed by atoms with van der Waals surface area (Å²) >= 11 is 0. The number of carbonyl (C=O) groups is 1. The first kappa shape index (κ1) is 11.1. The number of rotatable bonds is 1. The Morgan fingerprint density at radius 1 is 1.16 bits per heavy atom. The maximum absolute atomic E-state index is 12.6. The molecular weight excluding hydrogens is 242 g/mol. The van der Waals surface area contributed by atoms with Gasteiger partial charge in [-0.15, -0.1) is 0 Å². The van der Waals surface area contributed by atoms with Crippen molar-refractivity contribution in [1.29, 1.82) is 0 Å². The van der Waals surface area contributed by atoms with Crippen molar-refractivity contribution < 1.29 is 13.9 Å². The van der Waals surface area contributed by atoms with Crippen LogP contribution in [0.15, 0.2) is 34.7 Å². The van der Waals surface area contributed by atoms with Crippen molar-refractivity contribution in [2.75, 3.05) is 13.2 Å². The molecule has 3 heterocycles. The first-order valence-corrected chi connectivity index (χ1v) is 6.72. The molecule has 4 rings (SSSR count). The van der Waals surface area contributed by atoms with E-state index in [9.17, 15) is 4.79 Å². The van der Waals surface area contributed by atoms with Crippen LogP contribution in [0.3, 0.4) is 0 Å². The molecule has 2 aromatic rings. The molecule has 98 valence electrons. The van der Waals surface area contributed by atoms with Crippen LogP contribution in [0.2, 0.25) is 0 Å². The fourth-order valence-corrected chi connectivity index (χ4v) is 3.17. The lowest BCUT2D eigenvalue weighted by Gasteiger charge is -2.33. The normalized spacial score (nSPS) is 26.0. The summed E-state index contributed by atoms with van der Waals surface area (Å²) in [5.74, 6) is 0.451. The first-order valence-electron chi connectivity index (χ1n) is 6.72. The van der Waals surface area contributed by atoms with Gasteiger partial charge in [0.1, 0.15) is 5.58 Å². The van der Waals surface area contributed by atoms with Crippen LogP contribution < -0.4 is 0 Å². The van der Waals surface area contributed by atoms with E-state index in [-0.39, 0.29) is 18.0 Å². The summed E-state index contributed by atoms with van der Waals surface area (Å²) in [6.45, 7) is 1.31. The van der Waals surface area contributed by atoms with E-state index in [1.807, 2.05) is 35.2 Å². The van der Waals surface area contributed by atoms with Gasteiger partial charge in [0.25, 0.3) is 5.91 Å². The van der Waals surface area contributed by atoms with Crippen molar-refractivity contribution in [3.05, 3.63) is 36.1 Å². The Bertz CT molecular complexity index is 584. The zero-order chi connectivity index (χ0) is 12.8. The Hall–Kier alpha value is -1.81. The predicted octanol–water partition coefficient (Wildman–Crippen LogP) is 2.44. The molecule has 2 aliphatic heterocycles. The third-order valence-corrected chi connectivity index (χ3v) is 4.11. The number of benzene rings is 1. The summed E-state index contributed by atoms with van der Waals surface area (Å²) in [5.41, 5.74) is 0.770. The molecule has 2 bridgehead atoms. The number of carbonyl (C=O) groups excluding carboxylic acids is 1. The molecule has 2 fully saturated rings. The van der Waals surface area contributed by atoms with Gasteiger partial charge < -0.3 is 14.1 Å². The Balaban J connectivity index is 1.70. The van der Waals surface area contributed by atoms with E-state index < -0.39 is 0 Å². The van der Waals surface area contributed by atoms with E-state index in [0.29, 0.717) is 19.0 Å². The van der Waals surface area contributed by atoms with E-state index in [4.69, 9.17) is 9.15 Å². The number of hydrogen-bond donors (Lipinski definition) is 0. The molecule has 19 heavy (non-hydrogen) atoms. The van der Waals surface area contributed by atoms with Crippen molar-refractivity contribution in [2.24, 2.45) is 0 Å². The molecule has 2 atom stereocenters. The third-order valence-electron chi connectivity index (χ3n) is 4.11. The highest BCUT2D eigenvalue weighted by Crippen LogP contribution is 2.31. The summed E-state index contributed by atoms with van der Waals surface area (Å²) in [6, 6.07) is 10.00. The maximum Gasteiger partial charge on any atom is 0.290 e. The van der Waals surface area contributed by atoms with Gasteiger partial charge in [0.2, 0.25) is 0 Å². The van der Waals surface area contributed by atoms with Crippen molar-refractivity contribution in [3.8, 4) is 0 Å². The number of morpholine rings is 1. The quantitative estimate of drug-likeness (QED) is 0.788. The average molecular weight is 257 g/mol. The molecule has 0 radical (unpaired) electrons. The summed E-state index contributed by atoms with van der Waals surface area (Å²) in [6.07, 6.45) is 2.08. The lowest BCUT2D eigenvalue weighted by molar-refractivity contribution is -0.00857. The van der Waals surface area contributed by atoms with E-state index in [2.05, 4.69) is 0 Å². The van der Waals surface area contributed by atoms with Crippen LogP contribution in [0.1, 0.15) is 23.4 Å². The summed E-state index contributed by atoms with van der Waals surface area (Å²) in [5, 5.41) is 0.978. The van der Waals surface area contributed by atoms with Gasteiger partial charge >= 0.3 is 0 Å². The van der Waals surface area contributed by atoms with Crippen LogP contribution in [0, 0.1) is 0 Å². The third kappa shape index (κ3) is 1.67. The molecule has 1 amide bonds. The number of para-hydroxylation sites is 1. The monoisotopic (exact) mass is 257 g/mol. The second kappa shape index (κ2) is 4.10. The van der Waals surface area contributed by atoms with Crippen LogP contribution in [0.5, 0.6) is 0 Å². The average Bonchev–Trinajstić information content (AvgIpc) is 2.97. The summed E-state index contributed by atoms with van der Waals surface area (Å²) in [7, 11) is 0. The second-order valence-electron chi connectivity index (χ2n) is 5.28. The fraction of sp³-hybridized carbons (Fsp3) is 0.400. The minimum absolute atomic E-state index is 0.00648. The Morgan fingerprint density at radius 3 is 2.63 bits per heavy atom. The molecule has 0 spiro atoms. The van der Waals surface area contributed by atoms with E-state index >= 15 is 0 Å². The van der Waals surface area contributed by atoms with Crippen LogP contribution in [-0.2, 0) is 4.74 Å². The molecule has 4 heteroatoms. The van der Waals surface area contributed by atoms with Gasteiger partial charge in [-0.1, -0.05) is 18.2 Å². The highest BCUT2D eigenvalue weighted by atomic mass is 16.5. The van der Waals surface area contributed by atoms with Crippen LogP contribution in [0.4, 0.5) is 0 Å². The van der Waals surface area contributed by atoms with E-state index in [1.165, 1.54) is 0 Å². The smallest absolute Gasteiger partial charge is 0.290 e. The Kier molecular flexibility index (Phi) is 2.38. The minimum atomic E-state index is 0.00648. The molecule has 1 aromatic carbocycles. The number of hydrogen-bond acceptors (Lipinski definition) is 3. The van der Waals surface area contributed by atoms with Crippen molar-refractivity contribution in [3.63, 3.8) is 0 Å². The van der Waals surface area contributed by atoms with Gasteiger partial charge in [-0.25, -0.2) is 0 Å². The number of ether oxygens (including phenoxy) is 1. The standard InChI is InChI=1S/C15H15NO3/c17-15(16-11-5-6-12(16)9-18-8-11)14-7-10-3-1-2-4-13(10)19-14/h1-4,7,11-12H,5-6,8-9H2. The van der Waals surface area contributed by atoms with Gasteiger partial charge in [-0.3, -0.25) is 4.79 Å². The minimum Gasteiger partial charge on any atom is -0.451 e. The lowest BCUT2D eigenvalue weighted by atomic mass is 10.2. The number of nitrogens with zero attached hydrogens (tertiary/aromatic N) is 1. The summed E-state index contributed by atoms with van der Waals surface area (Å²) in [4.78, 5) is 14.6. The summed E-state index contributed by atoms with van der Waals surface area (Å²) < 4.78 is 11.2. The predicted molar refractivity (Wildman–Crippen MR) is 70.0 cm³/mol. The molecule has 2 unspecified atom stereocenters. The van der Waals surface area contributed by atoms with Crippen LogP contribution in [-0.4, -0.2) is 36.1 Å².